The van der Waals surface area contributed by atoms with Crippen molar-refractivity contribution in [2.24, 2.45) is 5.73 Å². The predicted octanol–water partition coefficient (Wildman–Crippen LogP) is 4.00. The van der Waals surface area contributed by atoms with Crippen molar-refractivity contribution < 1.29 is 13.5 Å². The highest BCUT2D eigenvalue weighted by molar-refractivity contribution is 5.37. The molecular formula is C17H19F2NO. The van der Waals surface area contributed by atoms with Gasteiger partial charge in [0.1, 0.15) is 17.4 Å². The zero-order valence-electron chi connectivity index (χ0n) is 12.0. The van der Waals surface area contributed by atoms with Gasteiger partial charge in [-0.05, 0) is 31.0 Å². The highest BCUT2D eigenvalue weighted by Crippen LogP contribution is 2.27. The Balaban J connectivity index is 2.22. The third-order valence-corrected chi connectivity index (χ3v) is 3.27. The second-order valence-electron chi connectivity index (χ2n) is 4.90. The Kier molecular flexibility index (Phi) is 5.28. The first-order valence-electron chi connectivity index (χ1n) is 7.03. The van der Waals surface area contributed by atoms with Gasteiger partial charge in [0.25, 0.3) is 0 Å². The average Bonchev–Trinajstić information content (AvgIpc) is 2.49. The third-order valence-electron chi connectivity index (χ3n) is 3.27. The van der Waals surface area contributed by atoms with Crippen molar-refractivity contribution in [1.29, 1.82) is 0 Å². The predicted molar refractivity (Wildman–Crippen MR) is 79.2 cm³/mol. The lowest BCUT2D eigenvalue weighted by atomic mass is 9.98. The van der Waals surface area contributed by atoms with Gasteiger partial charge >= 0.3 is 0 Å². The van der Waals surface area contributed by atoms with Crippen molar-refractivity contribution in [2.45, 2.75) is 25.8 Å². The SMILES string of the molecule is CCCOc1ccccc1C(N)Cc1c(F)cccc1F. The smallest absolute Gasteiger partial charge is 0.129 e. The van der Waals surface area contributed by atoms with Crippen LogP contribution in [0.1, 0.15) is 30.5 Å². The molecule has 4 heteroatoms. The molecule has 0 saturated heterocycles. The maximum absolute atomic E-state index is 13.7. The van der Waals surface area contributed by atoms with Crippen molar-refractivity contribution in [2.75, 3.05) is 6.61 Å². The summed E-state index contributed by atoms with van der Waals surface area (Å²) in [4.78, 5) is 0. The summed E-state index contributed by atoms with van der Waals surface area (Å²) < 4.78 is 33.0. The Morgan fingerprint density at radius 3 is 2.38 bits per heavy atom. The number of para-hydroxylation sites is 1. The Morgan fingerprint density at radius 2 is 1.71 bits per heavy atom. The molecular weight excluding hydrogens is 272 g/mol. The van der Waals surface area contributed by atoms with Gasteiger partial charge in [-0.1, -0.05) is 31.2 Å². The maximum atomic E-state index is 13.7. The number of rotatable bonds is 6. The molecule has 0 fully saturated rings. The average molecular weight is 291 g/mol. The van der Waals surface area contributed by atoms with Gasteiger partial charge in [0.15, 0.2) is 0 Å². The molecule has 0 spiro atoms. The number of nitrogens with two attached hydrogens (primary N) is 1. The van der Waals surface area contributed by atoms with Crippen LogP contribution in [0.2, 0.25) is 0 Å². The normalized spacial score (nSPS) is 12.2. The van der Waals surface area contributed by atoms with Crippen molar-refractivity contribution in [1.82, 2.24) is 0 Å². The minimum Gasteiger partial charge on any atom is -0.493 e. The number of hydrogen-bond acceptors (Lipinski definition) is 2. The quantitative estimate of drug-likeness (QED) is 0.873. The fourth-order valence-electron chi connectivity index (χ4n) is 2.19. The van der Waals surface area contributed by atoms with E-state index in [4.69, 9.17) is 10.5 Å². The van der Waals surface area contributed by atoms with E-state index in [1.165, 1.54) is 18.2 Å². The minimum absolute atomic E-state index is 0.00953. The van der Waals surface area contributed by atoms with Crippen LogP contribution in [0.3, 0.4) is 0 Å². The molecule has 1 atom stereocenters. The molecule has 1 unspecified atom stereocenters. The van der Waals surface area contributed by atoms with E-state index in [0.717, 1.165) is 12.0 Å². The summed E-state index contributed by atoms with van der Waals surface area (Å²) in [5.41, 5.74) is 6.89. The van der Waals surface area contributed by atoms with Crippen LogP contribution >= 0.6 is 0 Å². The Hall–Kier alpha value is -1.94. The van der Waals surface area contributed by atoms with Gasteiger partial charge in [-0.15, -0.1) is 0 Å². The van der Waals surface area contributed by atoms with Crippen molar-refractivity contribution in [3.05, 3.63) is 65.2 Å². The van der Waals surface area contributed by atoms with Crippen LogP contribution in [-0.4, -0.2) is 6.61 Å². The van der Waals surface area contributed by atoms with Crippen LogP contribution in [0.25, 0.3) is 0 Å². The lowest BCUT2D eigenvalue weighted by Crippen LogP contribution is -2.16. The highest BCUT2D eigenvalue weighted by atomic mass is 19.1. The van der Waals surface area contributed by atoms with E-state index < -0.39 is 17.7 Å². The van der Waals surface area contributed by atoms with Crippen molar-refractivity contribution >= 4 is 0 Å². The summed E-state index contributed by atoms with van der Waals surface area (Å²) in [5.74, 6) is -0.474. The maximum Gasteiger partial charge on any atom is 0.129 e. The van der Waals surface area contributed by atoms with Gasteiger partial charge in [0, 0.05) is 17.2 Å². The number of halogens is 2. The molecule has 0 radical (unpaired) electrons. The van der Waals surface area contributed by atoms with Crippen LogP contribution in [-0.2, 0) is 6.42 Å². The minimum atomic E-state index is -0.572. The van der Waals surface area contributed by atoms with Gasteiger partial charge in [-0.25, -0.2) is 8.78 Å². The van der Waals surface area contributed by atoms with Gasteiger partial charge < -0.3 is 10.5 Å². The molecule has 0 aliphatic heterocycles. The summed E-state index contributed by atoms with van der Waals surface area (Å²) in [6, 6.07) is 10.6. The summed E-state index contributed by atoms with van der Waals surface area (Å²) in [6.07, 6.45) is 0.969. The monoisotopic (exact) mass is 291 g/mol. The first kappa shape index (κ1) is 15.4. The summed E-state index contributed by atoms with van der Waals surface area (Å²) >= 11 is 0. The fourth-order valence-corrected chi connectivity index (χ4v) is 2.19. The Labute approximate surface area is 123 Å². The Bertz CT molecular complexity index is 581. The van der Waals surface area contributed by atoms with E-state index >= 15 is 0 Å². The lowest BCUT2D eigenvalue weighted by Gasteiger charge is -2.17. The molecule has 0 aliphatic rings. The number of benzene rings is 2. The molecule has 112 valence electrons. The Morgan fingerprint density at radius 1 is 1.05 bits per heavy atom. The number of hydrogen-bond donors (Lipinski definition) is 1. The summed E-state index contributed by atoms with van der Waals surface area (Å²) in [6.45, 7) is 2.59. The molecule has 0 heterocycles. The van der Waals surface area contributed by atoms with Crippen LogP contribution in [0.5, 0.6) is 5.75 Å². The van der Waals surface area contributed by atoms with E-state index in [0.29, 0.717) is 12.4 Å². The van der Waals surface area contributed by atoms with E-state index in [1.54, 1.807) is 0 Å². The fraction of sp³-hybridized carbons (Fsp3) is 0.294. The molecule has 21 heavy (non-hydrogen) atoms. The molecule has 2 aromatic carbocycles. The summed E-state index contributed by atoms with van der Waals surface area (Å²) in [7, 11) is 0. The second-order valence-corrected chi connectivity index (χ2v) is 4.90. The molecule has 0 saturated carbocycles. The summed E-state index contributed by atoms with van der Waals surface area (Å²) in [5, 5.41) is 0. The molecule has 2 N–H and O–H groups in total. The van der Waals surface area contributed by atoms with Gasteiger partial charge in [-0.3, -0.25) is 0 Å². The van der Waals surface area contributed by atoms with E-state index in [9.17, 15) is 8.78 Å². The van der Waals surface area contributed by atoms with Crippen LogP contribution in [0.4, 0.5) is 8.78 Å². The molecule has 2 rings (SSSR count). The van der Waals surface area contributed by atoms with Crippen molar-refractivity contribution in [3.63, 3.8) is 0 Å². The number of ether oxygens (including phenoxy) is 1. The van der Waals surface area contributed by atoms with Gasteiger partial charge in [0.05, 0.1) is 6.61 Å². The first-order chi connectivity index (χ1) is 10.1. The molecule has 2 nitrogen and oxygen atoms in total. The third kappa shape index (κ3) is 3.79. The highest BCUT2D eigenvalue weighted by Gasteiger charge is 2.17. The van der Waals surface area contributed by atoms with E-state index in [1.807, 2.05) is 31.2 Å². The molecule has 2 aromatic rings. The zero-order valence-corrected chi connectivity index (χ0v) is 12.0. The van der Waals surface area contributed by atoms with Crippen LogP contribution in [0.15, 0.2) is 42.5 Å². The molecule has 0 aromatic heterocycles. The lowest BCUT2D eigenvalue weighted by molar-refractivity contribution is 0.312. The topological polar surface area (TPSA) is 35.2 Å². The van der Waals surface area contributed by atoms with Crippen LogP contribution < -0.4 is 10.5 Å². The van der Waals surface area contributed by atoms with E-state index in [-0.39, 0.29) is 12.0 Å². The van der Waals surface area contributed by atoms with E-state index in [2.05, 4.69) is 0 Å². The molecule has 0 bridgehead atoms. The van der Waals surface area contributed by atoms with Crippen LogP contribution in [0, 0.1) is 11.6 Å². The standard InChI is InChI=1S/C17H19F2NO/c1-2-10-21-17-9-4-3-6-12(17)16(20)11-13-14(18)7-5-8-15(13)19/h3-9,16H,2,10-11,20H2,1H3. The van der Waals surface area contributed by atoms with Gasteiger partial charge in [0.2, 0.25) is 0 Å². The first-order valence-corrected chi connectivity index (χ1v) is 7.03. The van der Waals surface area contributed by atoms with Crippen molar-refractivity contribution in [3.8, 4) is 5.75 Å². The van der Waals surface area contributed by atoms with Gasteiger partial charge in [-0.2, -0.15) is 0 Å². The largest absolute Gasteiger partial charge is 0.493 e. The molecule has 0 amide bonds. The second kappa shape index (κ2) is 7.18. The zero-order chi connectivity index (χ0) is 15.2. The molecule has 0 aliphatic carbocycles.